The molecule has 0 spiro atoms. The zero-order valence-electron chi connectivity index (χ0n) is 14.1. The van der Waals surface area contributed by atoms with Crippen molar-refractivity contribution in [2.75, 3.05) is 13.3 Å². The Hall–Kier alpha value is -2.74. The molecule has 0 atom stereocenters. The molecule has 1 amide bonds. The van der Waals surface area contributed by atoms with Gasteiger partial charge >= 0.3 is 0 Å². The molecule has 25 heavy (non-hydrogen) atoms. The van der Waals surface area contributed by atoms with E-state index in [1.807, 2.05) is 31.2 Å². The number of hydrogen-bond donors (Lipinski definition) is 0. The molecule has 0 fully saturated rings. The lowest BCUT2D eigenvalue weighted by molar-refractivity contribution is -0.387. The van der Waals surface area contributed by atoms with Gasteiger partial charge in [-0.05, 0) is 30.2 Å². The second kappa shape index (κ2) is 7.02. The number of nitrogens with zero attached hydrogens (tertiary/aromatic N) is 2. The van der Waals surface area contributed by atoms with Gasteiger partial charge in [-0.15, -0.1) is 0 Å². The van der Waals surface area contributed by atoms with Crippen molar-refractivity contribution in [2.45, 2.75) is 18.4 Å². The number of carbonyl (C=O) groups excluding carboxylic acids is 1. The Morgan fingerprint density at radius 1 is 1.20 bits per heavy atom. The minimum Gasteiger partial charge on any atom is -0.337 e. The third-order valence-electron chi connectivity index (χ3n) is 3.82. The Morgan fingerprint density at radius 3 is 2.40 bits per heavy atom. The third kappa shape index (κ3) is 4.21. The summed E-state index contributed by atoms with van der Waals surface area (Å²) < 4.78 is 23.3. The molecule has 0 aliphatic carbocycles. The number of benzene rings is 2. The molecular formula is C17H18N2O5S. The summed E-state index contributed by atoms with van der Waals surface area (Å²) in [5.74, 6) is -0.425. The first-order chi connectivity index (χ1) is 11.6. The van der Waals surface area contributed by atoms with Crippen LogP contribution in [0.15, 0.2) is 47.4 Å². The fraction of sp³-hybridized carbons (Fsp3) is 0.235. The molecule has 7 nitrogen and oxygen atoms in total. The van der Waals surface area contributed by atoms with Crippen LogP contribution in [0.3, 0.4) is 0 Å². The Morgan fingerprint density at radius 2 is 1.84 bits per heavy atom. The summed E-state index contributed by atoms with van der Waals surface area (Å²) >= 11 is 0. The number of nitro benzene ring substituents is 1. The third-order valence-corrected chi connectivity index (χ3v) is 4.96. The summed E-state index contributed by atoms with van der Waals surface area (Å²) in [5.41, 5.74) is 1.45. The summed E-state index contributed by atoms with van der Waals surface area (Å²) in [6, 6.07) is 11.0. The van der Waals surface area contributed by atoms with Gasteiger partial charge in [0.15, 0.2) is 9.84 Å². The van der Waals surface area contributed by atoms with Crippen LogP contribution in [0.4, 0.5) is 5.69 Å². The highest BCUT2D eigenvalue weighted by Crippen LogP contribution is 2.25. The van der Waals surface area contributed by atoms with Crippen LogP contribution in [0, 0.1) is 17.0 Å². The van der Waals surface area contributed by atoms with E-state index in [2.05, 4.69) is 0 Å². The number of nitro groups is 1. The van der Waals surface area contributed by atoms with Gasteiger partial charge in [0.05, 0.1) is 4.92 Å². The molecule has 132 valence electrons. The van der Waals surface area contributed by atoms with Crippen LogP contribution < -0.4 is 0 Å². The number of sulfone groups is 1. The van der Waals surface area contributed by atoms with Gasteiger partial charge in [-0.3, -0.25) is 14.9 Å². The van der Waals surface area contributed by atoms with Crippen molar-refractivity contribution in [1.82, 2.24) is 4.90 Å². The molecule has 0 heterocycles. The molecule has 0 unspecified atom stereocenters. The van der Waals surface area contributed by atoms with Gasteiger partial charge in [-0.1, -0.05) is 24.3 Å². The Kier molecular flexibility index (Phi) is 5.22. The Labute approximate surface area is 146 Å². The summed E-state index contributed by atoms with van der Waals surface area (Å²) in [5, 5.41) is 11.2. The highest BCUT2D eigenvalue weighted by Gasteiger charge is 2.25. The molecule has 2 aromatic rings. The smallest absolute Gasteiger partial charge is 0.288 e. The second-order valence-electron chi connectivity index (χ2n) is 5.80. The minimum absolute atomic E-state index is 0.0650. The normalized spacial score (nSPS) is 11.2. The number of amides is 1. The molecule has 2 aromatic carbocycles. The predicted molar refractivity (Wildman–Crippen MR) is 93.2 cm³/mol. The van der Waals surface area contributed by atoms with Crippen LogP contribution in [-0.4, -0.2) is 37.5 Å². The van der Waals surface area contributed by atoms with E-state index in [1.165, 1.54) is 11.0 Å². The van der Waals surface area contributed by atoms with Crippen molar-refractivity contribution in [1.29, 1.82) is 0 Å². The lowest BCUT2D eigenvalue weighted by Crippen LogP contribution is -2.26. The summed E-state index contributed by atoms with van der Waals surface area (Å²) in [7, 11) is -2.17. The van der Waals surface area contributed by atoms with E-state index in [1.54, 1.807) is 7.05 Å². The van der Waals surface area contributed by atoms with E-state index in [9.17, 15) is 23.3 Å². The van der Waals surface area contributed by atoms with Crippen molar-refractivity contribution in [2.24, 2.45) is 0 Å². The van der Waals surface area contributed by atoms with Crippen LogP contribution in [0.2, 0.25) is 0 Å². The predicted octanol–water partition coefficient (Wildman–Crippen LogP) is 2.58. The maximum Gasteiger partial charge on any atom is 0.288 e. The fourth-order valence-corrected chi connectivity index (χ4v) is 3.27. The van der Waals surface area contributed by atoms with Gasteiger partial charge in [0.2, 0.25) is 0 Å². The minimum atomic E-state index is -3.76. The van der Waals surface area contributed by atoms with E-state index in [0.29, 0.717) is 6.54 Å². The Balaban J connectivity index is 2.35. The lowest BCUT2D eigenvalue weighted by Gasteiger charge is -2.18. The van der Waals surface area contributed by atoms with Crippen LogP contribution in [0.25, 0.3) is 0 Å². The van der Waals surface area contributed by atoms with Gasteiger partial charge in [0.1, 0.15) is 4.90 Å². The molecule has 0 N–H and O–H groups in total. The standard InChI is InChI=1S/C17H18N2O5S/c1-12-6-4-5-7-14(12)11-18(2)17(20)13-8-9-16(25(3,23)24)15(10-13)19(21)22/h4-10H,11H2,1-3H3. The maximum absolute atomic E-state index is 12.5. The van der Waals surface area contributed by atoms with Crippen molar-refractivity contribution in [3.63, 3.8) is 0 Å². The van der Waals surface area contributed by atoms with E-state index >= 15 is 0 Å². The summed E-state index contributed by atoms with van der Waals surface area (Å²) in [4.78, 5) is 23.9. The second-order valence-corrected chi connectivity index (χ2v) is 7.78. The van der Waals surface area contributed by atoms with Gasteiger partial charge in [0, 0.05) is 31.5 Å². The number of rotatable bonds is 5. The average Bonchev–Trinajstić information content (AvgIpc) is 2.54. The van der Waals surface area contributed by atoms with Crippen LogP contribution in [0.1, 0.15) is 21.5 Å². The quantitative estimate of drug-likeness (QED) is 0.601. The summed E-state index contributed by atoms with van der Waals surface area (Å²) in [6.07, 6.45) is 0.890. The molecule has 0 aliphatic rings. The molecule has 0 aromatic heterocycles. The monoisotopic (exact) mass is 362 g/mol. The first kappa shape index (κ1) is 18.6. The van der Waals surface area contributed by atoms with E-state index in [4.69, 9.17) is 0 Å². The fourth-order valence-electron chi connectivity index (χ4n) is 2.44. The number of hydrogen-bond acceptors (Lipinski definition) is 5. The molecule has 0 saturated carbocycles. The lowest BCUT2D eigenvalue weighted by atomic mass is 10.1. The average molecular weight is 362 g/mol. The Bertz CT molecular complexity index is 938. The van der Waals surface area contributed by atoms with Gasteiger partial charge in [0.25, 0.3) is 11.6 Å². The van der Waals surface area contributed by atoms with E-state index < -0.39 is 31.3 Å². The SMILES string of the molecule is Cc1ccccc1CN(C)C(=O)c1ccc(S(C)(=O)=O)c([N+](=O)[O-])c1. The van der Waals surface area contributed by atoms with Gasteiger partial charge in [-0.25, -0.2) is 8.42 Å². The molecule has 0 bridgehead atoms. The van der Waals surface area contributed by atoms with Crippen LogP contribution >= 0.6 is 0 Å². The zero-order chi connectivity index (χ0) is 18.8. The van der Waals surface area contributed by atoms with Crippen LogP contribution in [0.5, 0.6) is 0 Å². The highest BCUT2D eigenvalue weighted by atomic mass is 32.2. The molecule has 2 rings (SSSR count). The largest absolute Gasteiger partial charge is 0.337 e. The first-order valence-electron chi connectivity index (χ1n) is 7.39. The molecule has 8 heteroatoms. The van der Waals surface area contributed by atoms with Gasteiger partial charge < -0.3 is 4.90 Å². The van der Waals surface area contributed by atoms with Gasteiger partial charge in [-0.2, -0.15) is 0 Å². The highest BCUT2D eigenvalue weighted by molar-refractivity contribution is 7.90. The van der Waals surface area contributed by atoms with E-state index in [0.717, 1.165) is 29.5 Å². The molecule has 0 radical (unpaired) electrons. The van der Waals surface area contributed by atoms with Crippen molar-refractivity contribution in [3.05, 3.63) is 69.3 Å². The molecular weight excluding hydrogens is 344 g/mol. The van der Waals surface area contributed by atoms with E-state index in [-0.39, 0.29) is 5.56 Å². The number of aryl methyl sites for hydroxylation is 1. The van der Waals surface area contributed by atoms with Crippen molar-refractivity contribution >= 4 is 21.4 Å². The van der Waals surface area contributed by atoms with Crippen LogP contribution in [-0.2, 0) is 16.4 Å². The summed E-state index contributed by atoms with van der Waals surface area (Å²) in [6.45, 7) is 2.27. The first-order valence-corrected chi connectivity index (χ1v) is 9.29. The van der Waals surface area contributed by atoms with Crippen molar-refractivity contribution < 1.29 is 18.1 Å². The molecule has 0 saturated heterocycles. The molecule has 0 aliphatic heterocycles. The maximum atomic E-state index is 12.5. The van der Waals surface area contributed by atoms with Crippen molar-refractivity contribution in [3.8, 4) is 0 Å². The topological polar surface area (TPSA) is 97.6 Å². The number of carbonyl (C=O) groups is 1. The zero-order valence-corrected chi connectivity index (χ0v) is 14.9.